The summed E-state index contributed by atoms with van der Waals surface area (Å²) >= 11 is 0. The smallest absolute Gasteiger partial charge is 0.124 e. The molecule has 0 saturated carbocycles. The van der Waals surface area contributed by atoms with Gasteiger partial charge in [-0.3, -0.25) is 4.90 Å². The average molecular weight is 321 g/mol. The lowest BCUT2D eigenvalue weighted by Gasteiger charge is -2.31. The number of aromatic nitrogens is 3. The lowest BCUT2D eigenvalue weighted by atomic mass is 9.99. The Bertz CT molecular complexity index is 509. The first-order chi connectivity index (χ1) is 11.0. The van der Waals surface area contributed by atoms with Crippen LogP contribution in [0.5, 0.6) is 0 Å². The van der Waals surface area contributed by atoms with Crippen molar-refractivity contribution in [2.24, 2.45) is 5.92 Å². The second-order valence-corrected chi connectivity index (χ2v) is 7.76. The van der Waals surface area contributed by atoms with Crippen LogP contribution in [0, 0.1) is 5.92 Å². The van der Waals surface area contributed by atoms with Gasteiger partial charge in [-0.05, 0) is 52.1 Å². The van der Waals surface area contributed by atoms with Gasteiger partial charge in [0.05, 0.1) is 6.20 Å². The predicted octanol–water partition coefficient (Wildman–Crippen LogP) is 1.48. The Kier molecular flexibility index (Phi) is 5.04. The lowest BCUT2D eigenvalue weighted by molar-refractivity contribution is 0.0401. The van der Waals surface area contributed by atoms with Crippen molar-refractivity contribution < 1.29 is 5.11 Å². The van der Waals surface area contributed by atoms with Crippen LogP contribution in [0.3, 0.4) is 0 Å². The highest BCUT2D eigenvalue weighted by Crippen LogP contribution is 2.30. The highest BCUT2D eigenvalue weighted by molar-refractivity contribution is 5.11. The highest BCUT2D eigenvalue weighted by Gasteiger charge is 2.40. The van der Waals surface area contributed by atoms with Gasteiger partial charge in [0.15, 0.2) is 0 Å². The second kappa shape index (κ2) is 6.87. The molecular formula is C17H31N5O. The summed E-state index contributed by atoms with van der Waals surface area (Å²) in [5, 5.41) is 19.3. The van der Waals surface area contributed by atoms with E-state index in [0.717, 1.165) is 37.7 Å². The van der Waals surface area contributed by atoms with Gasteiger partial charge in [0.2, 0.25) is 0 Å². The summed E-state index contributed by atoms with van der Waals surface area (Å²) in [5.41, 5.74) is -0.107. The maximum Gasteiger partial charge on any atom is 0.124 e. The quantitative estimate of drug-likeness (QED) is 0.890. The zero-order valence-electron chi connectivity index (χ0n) is 14.8. The maximum atomic E-state index is 10.9. The lowest BCUT2D eigenvalue weighted by Crippen LogP contribution is -2.40. The third-order valence-electron chi connectivity index (χ3n) is 5.45. The molecule has 2 aliphatic heterocycles. The highest BCUT2D eigenvalue weighted by atomic mass is 16.3. The van der Waals surface area contributed by atoms with Gasteiger partial charge < -0.3 is 10.0 Å². The van der Waals surface area contributed by atoms with Crippen LogP contribution in [-0.4, -0.2) is 69.2 Å². The predicted molar refractivity (Wildman–Crippen MR) is 90.2 cm³/mol. The Morgan fingerprint density at radius 1 is 1.22 bits per heavy atom. The van der Waals surface area contributed by atoms with Gasteiger partial charge in [-0.1, -0.05) is 12.1 Å². The average Bonchev–Trinajstić information content (AvgIpc) is 3.15. The summed E-state index contributed by atoms with van der Waals surface area (Å²) in [7, 11) is 0. The van der Waals surface area contributed by atoms with Crippen LogP contribution in [0.2, 0.25) is 0 Å². The van der Waals surface area contributed by atoms with Crippen molar-refractivity contribution >= 4 is 0 Å². The van der Waals surface area contributed by atoms with E-state index in [-0.39, 0.29) is 6.04 Å². The summed E-state index contributed by atoms with van der Waals surface area (Å²) in [5.74, 6) is 0.881. The van der Waals surface area contributed by atoms with Gasteiger partial charge in [-0.25, -0.2) is 4.68 Å². The number of hydrogen-bond acceptors (Lipinski definition) is 5. The Morgan fingerprint density at radius 3 is 2.57 bits per heavy atom. The molecule has 6 nitrogen and oxygen atoms in total. The summed E-state index contributed by atoms with van der Waals surface area (Å²) in [6.45, 7) is 12.7. The van der Waals surface area contributed by atoms with Crippen LogP contribution in [0.15, 0.2) is 6.20 Å². The molecular weight excluding hydrogens is 290 g/mol. The van der Waals surface area contributed by atoms with Crippen LogP contribution < -0.4 is 0 Å². The van der Waals surface area contributed by atoms with Gasteiger partial charge in [0.1, 0.15) is 11.3 Å². The van der Waals surface area contributed by atoms with E-state index in [0.29, 0.717) is 6.54 Å². The molecule has 3 heterocycles. The fourth-order valence-electron chi connectivity index (χ4n) is 3.58. The third-order valence-corrected chi connectivity index (χ3v) is 5.45. The molecule has 1 unspecified atom stereocenters. The van der Waals surface area contributed by atoms with Crippen LogP contribution in [0.1, 0.15) is 51.8 Å². The first-order valence-electron chi connectivity index (χ1n) is 9.06. The molecule has 0 amide bonds. The fraction of sp³-hybridized carbons (Fsp3) is 0.882. The summed E-state index contributed by atoms with van der Waals surface area (Å²) in [6.07, 6.45) is 5.30. The molecule has 2 fully saturated rings. The molecule has 1 aromatic rings. The van der Waals surface area contributed by atoms with Crippen LogP contribution >= 0.6 is 0 Å². The Hall–Kier alpha value is -0.980. The molecule has 130 valence electrons. The Labute approximate surface area is 139 Å². The van der Waals surface area contributed by atoms with E-state index < -0.39 is 5.60 Å². The van der Waals surface area contributed by atoms with Gasteiger partial charge in [0.25, 0.3) is 0 Å². The van der Waals surface area contributed by atoms with Crippen LogP contribution in [0.25, 0.3) is 0 Å². The van der Waals surface area contributed by atoms with E-state index in [4.69, 9.17) is 0 Å². The first-order valence-corrected chi connectivity index (χ1v) is 9.06. The zero-order valence-corrected chi connectivity index (χ0v) is 14.8. The number of rotatable bonds is 5. The molecule has 0 aliphatic carbocycles. The van der Waals surface area contributed by atoms with E-state index >= 15 is 0 Å². The number of β-amino-alcohol motifs (C(OH)–C–C–N with tert-alkyl or cyclic N) is 1. The van der Waals surface area contributed by atoms with Crippen molar-refractivity contribution in [3.63, 3.8) is 0 Å². The SMILES string of the molecule is CC1CCN(CCN2CCC(O)(c3cn(C(C)C)nn3)C2)CC1. The van der Waals surface area contributed by atoms with E-state index in [1.54, 1.807) is 0 Å². The van der Waals surface area contributed by atoms with Gasteiger partial charge in [0, 0.05) is 32.2 Å². The molecule has 0 spiro atoms. The van der Waals surface area contributed by atoms with E-state index in [1.165, 1.54) is 25.9 Å². The summed E-state index contributed by atoms with van der Waals surface area (Å²) in [6, 6.07) is 0.277. The molecule has 2 aliphatic rings. The largest absolute Gasteiger partial charge is 0.382 e. The van der Waals surface area contributed by atoms with Gasteiger partial charge in [-0.2, -0.15) is 0 Å². The number of likely N-dealkylation sites (tertiary alicyclic amines) is 2. The van der Waals surface area contributed by atoms with Crippen molar-refractivity contribution in [1.29, 1.82) is 0 Å². The normalized spacial score (nSPS) is 28.0. The maximum absolute atomic E-state index is 10.9. The molecule has 0 radical (unpaired) electrons. The van der Waals surface area contributed by atoms with Crippen LogP contribution in [-0.2, 0) is 5.60 Å². The number of nitrogens with zero attached hydrogens (tertiary/aromatic N) is 5. The van der Waals surface area contributed by atoms with Crippen molar-refractivity contribution in [2.45, 2.75) is 51.7 Å². The molecule has 3 rings (SSSR count). The molecule has 6 heteroatoms. The molecule has 1 aromatic heterocycles. The Morgan fingerprint density at radius 2 is 1.91 bits per heavy atom. The monoisotopic (exact) mass is 321 g/mol. The van der Waals surface area contributed by atoms with Crippen LogP contribution in [0.4, 0.5) is 0 Å². The minimum Gasteiger partial charge on any atom is -0.382 e. The molecule has 0 bridgehead atoms. The number of aliphatic hydroxyl groups is 1. The Balaban J connectivity index is 1.51. The standard InChI is InChI=1S/C17H31N5O/c1-14(2)22-12-16(18-19-22)17(23)6-9-21(13-17)11-10-20-7-4-15(3)5-8-20/h12,14-15,23H,4-11,13H2,1-3H3. The van der Waals surface area contributed by atoms with E-state index in [1.807, 2.05) is 10.9 Å². The molecule has 0 aromatic carbocycles. The first kappa shape index (κ1) is 16.9. The van der Waals surface area contributed by atoms with E-state index in [9.17, 15) is 5.11 Å². The number of hydrogen-bond donors (Lipinski definition) is 1. The summed E-state index contributed by atoms with van der Waals surface area (Å²) in [4.78, 5) is 4.93. The zero-order chi connectivity index (χ0) is 16.4. The topological polar surface area (TPSA) is 57.4 Å². The van der Waals surface area contributed by atoms with Crippen molar-refractivity contribution in [3.8, 4) is 0 Å². The van der Waals surface area contributed by atoms with E-state index in [2.05, 4.69) is 40.9 Å². The molecule has 1 atom stereocenters. The number of piperidine rings is 1. The third kappa shape index (κ3) is 3.92. The fourth-order valence-corrected chi connectivity index (χ4v) is 3.58. The second-order valence-electron chi connectivity index (χ2n) is 7.76. The minimum absolute atomic E-state index is 0.277. The molecule has 2 saturated heterocycles. The molecule has 23 heavy (non-hydrogen) atoms. The molecule has 1 N–H and O–H groups in total. The van der Waals surface area contributed by atoms with Crippen molar-refractivity contribution in [2.75, 3.05) is 39.3 Å². The summed E-state index contributed by atoms with van der Waals surface area (Å²) < 4.78 is 1.82. The van der Waals surface area contributed by atoms with Gasteiger partial charge in [-0.15, -0.1) is 5.10 Å². The van der Waals surface area contributed by atoms with Crippen molar-refractivity contribution in [1.82, 2.24) is 24.8 Å². The minimum atomic E-state index is -0.830. The van der Waals surface area contributed by atoms with Gasteiger partial charge >= 0.3 is 0 Å². The van der Waals surface area contributed by atoms with Crippen molar-refractivity contribution in [3.05, 3.63) is 11.9 Å².